The molecule has 0 bridgehead atoms. The minimum absolute atomic E-state index is 0.502. The summed E-state index contributed by atoms with van der Waals surface area (Å²) >= 11 is 3.62. The molecule has 0 atom stereocenters. The van der Waals surface area contributed by atoms with E-state index in [-0.39, 0.29) is 0 Å². The van der Waals surface area contributed by atoms with E-state index in [4.69, 9.17) is 4.74 Å². The quantitative estimate of drug-likeness (QED) is 0.220. The van der Waals surface area contributed by atoms with Gasteiger partial charge >= 0.3 is 0 Å². The van der Waals surface area contributed by atoms with Crippen LogP contribution in [0.25, 0.3) is 21.8 Å². The first kappa shape index (κ1) is 20.3. The molecule has 0 fully saturated rings. The number of ether oxygens (including phenoxy) is 1. The van der Waals surface area contributed by atoms with Crippen LogP contribution in [0.3, 0.4) is 0 Å². The van der Waals surface area contributed by atoms with E-state index >= 15 is 0 Å². The number of imidazole rings is 1. The maximum Gasteiger partial charge on any atom is 0.224 e. The largest absolute Gasteiger partial charge is 0.488 e. The molecule has 158 valence electrons. The third kappa shape index (κ3) is 4.09. The first-order chi connectivity index (χ1) is 15.7. The van der Waals surface area contributed by atoms with Gasteiger partial charge in [-0.2, -0.15) is 5.10 Å². The number of hydrazone groups is 1. The molecule has 1 N–H and O–H groups in total. The highest BCUT2D eigenvalue weighted by Crippen LogP contribution is 2.28. The molecular weight excluding hydrogens is 464 g/mol. The average molecular weight is 485 g/mol. The van der Waals surface area contributed by atoms with Crippen molar-refractivity contribution in [2.75, 3.05) is 5.43 Å². The van der Waals surface area contributed by atoms with E-state index in [0.717, 1.165) is 32.4 Å². The Kier molecular flexibility index (Phi) is 5.60. The molecule has 1 aromatic heterocycles. The maximum atomic E-state index is 6.09. The second-order valence-corrected chi connectivity index (χ2v) is 8.32. The van der Waals surface area contributed by atoms with E-state index in [1.54, 1.807) is 6.21 Å². The van der Waals surface area contributed by atoms with Crippen molar-refractivity contribution >= 4 is 49.9 Å². The molecule has 0 spiro atoms. The highest BCUT2D eigenvalue weighted by molar-refractivity contribution is 9.10. The Balaban J connectivity index is 1.27. The molecule has 0 unspecified atom stereocenters. The molecule has 0 aliphatic rings. The number of fused-ring (bicyclic) bond motifs is 2. The van der Waals surface area contributed by atoms with Crippen molar-refractivity contribution in [3.05, 3.63) is 101 Å². The minimum Gasteiger partial charge on any atom is -0.488 e. The zero-order chi connectivity index (χ0) is 21.9. The molecule has 0 aliphatic heterocycles. The van der Waals surface area contributed by atoms with Gasteiger partial charge in [0.1, 0.15) is 12.4 Å². The minimum atomic E-state index is 0.502. The van der Waals surface area contributed by atoms with Crippen molar-refractivity contribution in [3.8, 4) is 5.75 Å². The molecule has 0 amide bonds. The van der Waals surface area contributed by atoms with Crippen LogP contribution in [-0.4, -0.2) is 15.8 Å². The molecule has 32 heavy (non-hydrogen) atoms. The Morgan fingerprint density at radius 1 is 1.00 bits per heavy atom. The summed E-state index contributed by atoms with van der Waals surface area (Å²) < 4.78 is 8.95. The Morgan fingerprint density at radius 3 is 2.69 bits per heavy atom. The van der Waals surface area contributed by atoms with Crippen molar-refractivity contribution in [2.45, 2.75) is 6.61 Å². The van der Waals surface area contributed by atoms with Gasteiger partial charge in [-0.1, -0.05) is 54.6 Å². The number of benzene rings is 4. The van der Waals surface area contributed by atoms with Gasteiger partial charge in [-0.3, -0.25) is 0 Å². The molecule has 0 radical (unpaired) electrons. The van der Waals surface area contributed by atoms with Crippen LogP contribution in [0.15, 0.2) is 94.5 Å². The van der Waals surface area contributed by atoms with E-state index in [1.165, 1.54) is 10.8 Å². The van der Waals surface area contributed by atoms with Gasteiger partial charge in [-0.05, 0) is 68.2 Å². The third-order valence-corrected chi connectivity index (χ3v) is 6.00. The van der Waals surface area contributed by atoms with Crippen LogP contribution in [0.5, 0.6) is 5.75 Å². The smallest absolute Gasteiger partial charge is 0.224 e. The summed E-state index contributed by atoms with van der Waals surface area (Å²) in [5.41, 5.74) is 7.12. The van der Waals surface area contributed by atoms with E-state index in [0.29, 0.717) is 12.6 Å². The Labute approximate surface area is 194 Å². The Morgan fingerprint density at radius 2 is 1.81 bits per heavy atom. The lowest BCUT2D eigenvalue weighted by Crippen LogP contribution is -1.99. The fraction of sp³-hybridized carbons (Fsp3) is 0.0769. The molecule has 1 heterocycles. The number of halogens is 1. The van der Waals surface area contributed by atoms with Crippen molar-refractivity contribution in [3.63, 3.8) is 0 Å². The number of para-hydroxylation sites is 2. The van der Waals surface area contributed by atoms with Crippen LogP contribution in [0.4, 0.5) is 5.95 Å². The lowest BCUT2D eigenvalue weighted by atomic mass is 10.1. The summed E-state index contributed by atoms with van der Waals surface area (Å²) in [5.74, 6) is 1.48. The lowest BCUT2D eigenvalue weighted by Gasteiger charge is -2.11. The standard InChI is InChI=1S/C26H21BrN4O/c1-31-24-12-5-4-11-23(24)29-26(31)30-28-16-18-13-14-25(22(27)15-18)32-17-20-9-6-8-19-7-2-3-10-21(19)20/h2-16H,17H2,1H3,(H,29,30)/b28-16-. The van der Waals surface area contributed by atoms with Gasteiger partial charge in [0.15, 0.2) is 0 Å². The topological polar surface area (TPSA) is 51.4 Å². The van der Waals surface area contributed by atoms with Gasteiger partial charge in [0.05, 0.1) is 21.7 Å². The predicted octanol–water partition coefficient (Wildman–Crippen LogP) is 6.51. The molecule has 0 saturated heterocycles. The SMILES string of the molecule is Cn1c(N/N=C\c2ccc(OCc3cccc4ccccc34)c(Br)c2)nc2ccccc21. The number of hydrogen-bond donors (Lipinski definition) is 1. The third-order valence-electron chi connectivity index (χ3n) is 5.38. The summed E-state index contributed by atoms with van der Waals surface area (Å²) in [6, 6.07) is 28.5. The van der Waals surface area contributed by atoms with Crippen molar-refractivity contribution < 1.29 is 4.74 Å². The molecule has 5 aromatic rings. The summed E-state index contributed by atoms with van der Waals surface area (Å²) in [6.45, 7) is 0.502. The number of rotatable bonds is 6. The van der Waals surface area contributed by atoms with Gasteiger partial charge in [-0.25, -0.2) is 10.4 Å². The number of nitrogens with one attached hydrogen (secondary N) is 1. The average Bonchev–Trinajstić information content (AvgIpc) is 3.14. The number of aromatic nitrogens is 2. The molecule has 0 aliphatic carbocycles. The van der Waals surface area contributed by atoms with Gasteiger partial charge in [0.2, 0.25) is 5.95 Å². The summed E-state index contributed by atoms with van der Waals surface area (Å²) in [5, 5.41) is 6.77. The number of aryl methyl sites for hydroxylation is 1. The monoisotopic (exact) mass is 484 g/mol. The van der Waals surface area contributed by atoms with Crippen LogP contribution >= 0.6 is 15.9 Å². The Bertz CT molecular complexity index is 1440. The van der Waals surface area contributed by atoms with Gasteiger partial charge in [0, 0.05) is 7.05 Å². The summed E-state index contributed by atoms with van der Waals surface area (Å²) in [6.07, 6.45) is 1.76. The highest BCUT2D eigenvalue weighted by Gasteiger charge is 2.07. The van der Waals surface area contributed by atoms with Gasteiger partial charge in [0.25, 0.3) is 0 Å². The Hall–Kier alpha value is -3.64. The van der Waals surface area contributed by atoms with E-state index in [1.807, 2.05) is 54.1 Å². The lowest BCUT2D eigenvalue weighted by molar-refractivity contribution is 0.305. The van der Waals surface area contributed by atoms with Crippen molar-refractivity contribution in [1.29, 1.82) is 0 Å². The fourth-order valence-electron chi connectivity index (χ4n) is 3.70. The van der Waals surface area contributed by atoms with Crippen LogP contribution in [0, 0.1) is 0 Å². The molecule has 0 saturated carbocycles. The normalized spacial score (nSPS) is 11.4. The van der Waals surface area contributed by atoms with Crippen LogP contribution in [-0.2, 0) is 13.7 Å². The molecule has 4 aromatic carbocycles. The number of anilines is 1. The van der Waals surface area contributed by atoms with Gasteiger partial charge < -0.3 is 9.30 Å². The first-order valence-corrected chi connectivity index (χ1v) is 11.1. The zero-order valence-electron chi connectivity index (χ0n) is 17.5. The van der Waals surface area contributed by atoms with Crippen LogP contribution < -0.4 is 10.2 Å². The molecule has 6 heteroatoms. The van der Waals surface area contributed by atoms with E-state index in [9.17, 15) is 0 Å². The van der Waals surface area contributed by atoms with Gasteiger partial charge in [-0.15, -0.1) is 0 Å². The van der Waals surface area contributed by atoms with Crippen LogP contribution in [0.2, 0.25) is 0 Å². The molecule has 5 nitrogen and oxygen atoms in total. The second-order valence-electron chi connectivity index (χ2n) is 7.47. The second kappa shape index (κ2) is 8.85. The van der Waals surface area contributed by atoms with Crippen molar-refractivity contribution in [2.24, 2.45) is 12.1 Å². The highest BCUT2D eigenvalue weighted by atomic mass is 79.9. The van der Waals surface area contributed by atoms with Crippen LogP contribution in [0.1, 0.15) is 11.1 Å². The molecule has 5 rings (SSSR count). The zero-order valence-corrected chi connectivity index (χ0v) is 19.1. The number of hydrogen-bond acceptors (Lipinski definition) is 4. The molecular formula is C26H21BrN4O. The maximum absolute atomic E-state index is 6.09. The van der Waals surface area contributed by atoms with E-state index in [2.05, 4.69) is 73.9 Å². The summed E-state index contributed by atoms with van der Waals surface area (Å²) in [7, 11) is 1.96. The predicted molar refractivity (Wildman–Crippen MR) is 134 cm³/mol. The first-order valence-electron chi connectivity index (χ1n) is 10.3. The van der Waals surface area contributed by atoms with Crippen molar-refractivity contribution in [1.82, 2.24) is 9.55 Å². The van der Waals surface area contributed by atoms with E-state index < -0.39 is 0 Å². The number of nitrogens with zero attached hydrogens (tertiary/aromatic N) is 3. The summed E-state index contributed by atoms with van der Waals surface area (Å²) in [4.78, 5) is 4.56. The fourth-order valence-corrected chi connectivity index (χ4v) is 4.21.